The lowest BCUT2D eigenvalue weighted by atomic mass is 9.85. The fraction of sp³-hybridized carbons (Fsp3) is 0.571. The zero-order chi connectivity index (χ0) is 20.6. The van der Waals surface area contributed by atoms with Crippen molar-refractivity contribution in [2.45, 2.75) is 53.2 Å². The van der Waals surface area contributed by atoms with Crippen LogP contribution >= 0.6 is 0 Å². The van der Waals surface area contributed by atoms with Gasteiger partial charge < -0.3 is 14.2 Å². The molecule has 6 nitrogen and oxygen atoms in total. The van der Waals surface area contributed by atoms with Crippen molar-refractivity contribution in [3.05, 3.63) is 35.9 Å². The van der Waals surface area contributed by atoms with E-state index in [-0.39, 0.29) is 12.5 Å². The highest BCUT2D eigenvalue weighted by molar-refractivity contribution is 5.99. The van der Waals surface area contributed by atoms with Crippen LogP contribution in [0.4, 0.5) is 0 Å². The molecule has 0 aliphatic rings. The average molecular weight is 378 g/mol. The molecule has 0 saturated carbocycles. The molecule has 1 aromatic carbocycles. The Balaban J connectivity index is 3.04. The number of hydrogen-bond donors (Lipinski definition) is 0. The van der Waals surface area contributed by atoms with Gasteiger partial charge in [-0.05, 0) is 38.7 Å². The Bertz CT molecular complexity index is 630. The first-order valence-corrected chi connectivity index (χ1v) is 9.06. The van der Waals surface area contributed by atoms with Crippen LogP contribution in [0.5, 0.6) is 0 Å². The van der Waals surface area contributed by atoms with Gasteiger partial charge in [0.2, 0.25) is 0 Å². The Hall–Kier alpha value is -2.37. The van der Waals surface area contributed by atoms with Crippen molar-refractivity contribution in [3.63, 3.8) is 0 Å². The van der Waals surface area contributed by atoms with Crippen molar-refractivity contribution in [2.75, 3.05) is 7.11 Å². The van der Waals surface area contributed by atoms with Crippen LogP contribution in [0.25, 0.3) is 0 Å². The highest BCUT2D eigenvalue weighted by Crippen LogP contribution is 2.27. The van der Waals surface area contributed by atoms with Crippen molar-refractivity contribution in [1.82, 2.24) is 0 Å². The van der Waals surface area contributed by atoms with E-state index in [0.717, 1.165) is 5.56 Å². The van der Waals surface area contributed by atoms with Crippen LogP contribution in [0, 0.1) is 17.8 Å². The molecule has 1 unspecified atom stereocenters. The van der Waals surface area contributed by atoms with Gasteiger partial charge in [-0.1, -0.05) is 44.2 Å². The maximum atomic E-state index is 12.7. The Labute approximate surface area is 161 Å². The first-order chi connectivity index (χ1) is 12.5. The van der Waals surface area contributed by atoms with E-state index in [2.05, 4.69) is 0 Å². The molecule has 0 aliphatic heterocycles. The molecule has 150 valence electrons. The van der Waals surface area contributed by atoms with Crippen molar-refractivity contribution in [2.24, 2.45) is 17.8 Å². The summed E-state index contributed by atoms with van der Waals surface area (Å²) in [5.41, 5.74) is 0.0492. The average Bonchev–Trinajstić information content (AvgIpc) is 2.58. The van der Waals surface area contributed by atoms with Gasteiger partial charge in [-0.25, -0.2) is 0 Å². The van der Waals surface area contributed by atoms with Crippen molar-refractivity contribution >= 4 is 17.9 Å². The van der Waals surface area contributed by atoms with Gasteiger partial charge in [-0.2, -0.15) is 0 Å². The summed E-state index contributed by atoms with van der Waals surface area (Å²) in [6.07, 6.45) is 0.301. The largest absolute Gasteiger partial charge is 0.468 e. The van der Waals surface area contributed by atoms with E-state index in [0.29, 0.717) is 6.42 Å². The summed E-state index contributed by atoms with van der Waals surface area (Å²) in [7, 11) is 1.18. The minimum absolute atomic E-state index is 0.00981. The smallest absolute Gasteiger partial charge is 0.321 e. The number of methoxy groups -OCH3 is 1. The van der Waals surface area contributed by atoms with Gasteiger partial charge in [0.05, 0.1) is 13.0 Å². The second kappa shape index (κ2) is 10.1. The molecule has 0 N–H and O–H groups in total. The SMILES string of the molecule is COC(=O)C(C(=O)OCc1ccccc1)[C@@H](CC(C)C)C(=O)OC(C)(C)C. The quantitative estimate of drug-likeness (QED) is 0.391. The molecule has 0 fully saturated rings. The van der Waals surface area contributed by atoms with Crippen molar-refractivity contribution < 1.29 is 28.6 Å². The van der Waals surface area contributed by atoms with Crippen LogP contribution in [-0.2, 0) is 35.2 Å². The van der Waals surface area contributed by atoms with E-state index >= 15 is 0 Å². The number of rotatable bonds is 8. The highest BCUT2D eigenvalue weighted by Gasteiger charge is 2.43. The van der Waals surface area contributed by atoms with Gasteiger partial charge >= 0.3 is 17.9 Å². The predicted octanol–water partition coefficient (Wildman–Crippen LogP) is 3.52. The lowest BCUT2D eigenvalue weighted by molar-refractivity contribution is -0.176. The molecule has 0 radical (unpaired) electrons. The summed E-state index contributed by atoms with van der Waals surface area (Å²) in [5, 5.41) is 0. The van der Waals surface area contributed by atoms with E-state index in [1.807, 2.05) is 32.0 Å². The maximum absolute atomic E-state index is 12.7. The normalized spacial score (nSPS) is 13.6. The lowest BCUT2D eigenvalue weighted by Gasteiger charge is -2.28. The summed E-state index contributed by atoms with van der Waals surface area (Å²) < 4.78 is 15.5. The molecule has 1 rings (SSSR count). The zero-order valence-electron chi connectivity index (χ0n) is 17.0. The molecule has 27 heavy (non-hydrogen) atoms. The fourth-order valence-electron chi connectivity index (χ4n) is 2.62. The third kappa shape index (κ3) is 7.81. The molecule has 6 heteroatoms. The van der Waals surface area contributed by atoms with Crippen LogP contribution < -0.4 is 0 Å². The molecule has 0 aromatic heterocycles. The molecule has 1 aromatic rings. The molecule has 0 amide bonds. The second-order valence-electron chi connectivity index (χ2n) is 7.86. The molecule has 0 spiro atoms. The second-order valence-corrected chi connectivity index (χ2v) is 7.86. The van der Waals surface area contributed by atoms with E-state index in [9.17, 15) is 14.4 Å². The minimum Gasteiger partial charge on any atom is -0.468 e. The van der Waals surface area contributed by atoms with Crippen LogP contribution in [-0.4, -0.2) is 30.6 Å². The Kier molecular flexibility index (Phi) is 8.47. The lowest BCUT2D eigenvalue weighted by Crippen LogP contribution is -2.41. The Morgan fingerprint density at radius 3 is 2.04 bits per heavy atom. The summed E-state index contributed by atoms with van der Waals surface area (Å²) in [4.78, 5) is 37.7. The van der Waals surface area contributed by atoms with Gasteiger partial charge in [0.15, 0.2) is 5.92 Å². The number of carbonyl (C=O) groups excluding carboxylic acids is 3. The molecule has 0 saturated heterocycles. The van der Waals surface area contributed by atoms with E-state index < -0.39 is 35.3 Å². The number of carbonyl (C=O) groups is 3. The molecule has 0 heterocycles. The first-order valence-electron chi connectivity index (χ1n) is 9.06. The van der Waals surface area contributed by atoms with Crippen molar-refractivity contribution in [1.29, 1.82) is 0 Å². The van der Waals surface area contributed by atoms with E-state index in [4.69, 9.17) is 14.2 Å². The predicted molar refractivity (Wildman–Crippen MR) is 101 cm³/mol. The van der Waals surface area contributed by atoms with Crippen LogP contribution in [0.15, 0.2) is 30.3 Å². The van der Waals surface area contributed by atoms with Gasteiger partial charge in [0.25, 0.3) is 0 Å². The minimum atomic E-state index is -1.36. The van der Waals surface area contributed by atoms with E-state index in [1.54, 1.807) is 32.9 Å². The van der Waals surface area contributed by atoms with Crippen molar-refractivity contribution in [3.8, 4) is 0 Å². The number of ether oxygens (including phenoxy) is 3. The van der Waals surface area contributed by atoms with Gasteiger partial charge in [-0.3, -0.25) is 14.4 Å². The Morgan fingerprint density at radius 2 is 1.56 bits per heavy atom. The number of esters is 3. The zero-order valence-corrected chi connectivity index (χ0v) is 17.0. The third-order valence-corrected chi connectivity index (χ3v) is 3.77. The molecule has 0 aliphatic carbocycles. The summed E-state index contributed by atoms with van der Waals surface area (Å²) in [6, 6.07) is 9.11. The summed E-state index contributed by atoms with van der Waals surface area (Å²) >= 11 is 0. The monoisotopic (exact) mass is 378 g/mol. The van der Waals surface area contributed by atoms with Crippen LogP contribution in [0.3, 0.4) is 0 Å². The fourth-order valence-corrected chi connectivity index (χ4v) is 2.62. The number of hydrogen-bond acceptors (Lipinski definition) is 6. The van der Waals surface area contributed by atoms with Gasteiger partial charge in [0, 0.05) is 0 Å². The highest BCUT2D eigenvalue weighted by atomic mass is 16.6. The first kappa shape index (κ1) is 22.7. The van der Waals surface area contributed by atoms with Crippen LogP contribution in [0.2, 0.25) is 0 Å². The molecule has 2 atom stereocenters. The molecule has 0 bridgehead atoms. The van der Waals surface area contributed by atoms with Gasteiger partial charge in [-0.15, -0.1) is 0 Å². The molecular formula is C21H30O6. The standard InChI is InChI=1S/C21H30O6/c1-14(2)12-16(18(22)27-21(3,4)5)17(19(23)25-6)20(24)26-13-15-10-8-7-9-11-15/h7-11,14,16-17H,12-13H2,1-6H3/t16-,17?/m1/s1. The third-order valence-electron chi connectivity index (χ3n) is 3.77. The Morgan fingerprint density at radius 1 is 0.963 bits per heavy atom. The summed E-state index contributed by atoms with van der Waals surface area (Å²) in [6.45, 7) is 9.02. The summed E-state index contributed by atoms with van der Waals surface area (Å²) in [5.74, 6) is -4.47. The molecular weight excluding hydrogens is 348 g/mol. The number of benzene rings is 1. The van der Waals surface area contributed by atoms with E-state index in [1.165, 1.54) is 7.11 Å². The maximum Gasteiger partial charge on any atom is 0.321 e. The van der Waals surface area contributed by atoms with Crippen LogP contribution in [0.1, 0.15) is 46.6 Å². The van der Waals surface area contributed by atoms with Gasteiger partial charge in [0.1, 0.15) is 12.2 Å². The topological polar surface area (TPSA) is 78.9 Å².